The number of benzene rings is 10. The Kier molecular flexibility index (Phi) is 7.92. The molecule has 1 aromatic heterocycles. The van der Waals surface area contributed by atoms with Crippen molar-refractivity contribution in [3.8, 4) is 44.5 Å². The van der Waals surface area contributed by atoms with E-state index in [1.165, 1.54) is 66.1 Å². The highest BCUT2D eigenvalue weighted by Crippen LogP contribution is 2.52. The number of nitrogens with zero attached hydrogens (tertiary/aromatic N) is 1. The molecule has 0 bridgehead atoms. The molecule has 1 heterocycles. The molecule has 0 spiro atoms. The molecule has 61 heavy (non-hydrogen) atoms. The summed E-state index contributed by atoms with van der Waals surface area (Å²) in [4.78, 5) is 2.42. The van der Waals surface area contributed by atoms with Crippen molar-refractivity contribution in [2.24, 2.45) is 0 Å². The monoisotopic (exact) mass is 779 g/mol. The van der Waals surface area contributed by atoms with Gasteiger partial charge in [0.25, 0.3) is 0 Å². The Morgan fingerprint density at radius 2 is 0.967 bits per heavy atom. The molecule has 0 fully saturated rings. The minimum absolute atomic E-state index is 0.108. The SMILES string of the molecule is CC1(C)c2ccccc2-c2cccc(-c3ccc(N(c4cccc(-c5cccc6ccccc56)c4)c4ccccc4-c4ccc5oc6cc7ccccc7cc6c5c4)cc3)c21. The van der Waals surface area contributed by atoms with E-state index in [2.05, 4.69) is 231 Å². The molecule has 0 atom stereocenters. The van der Waals surface area contributed by atoms with Gasteiger partial charge in [-0.1, -0.05) is 172 Å². The van der Waals surface area contributed by atoms with Gasteiger partial charge in [-0.3, -0.25) is 0 Å². The van der Waals surface area contributed by atoms with Crippen molar-refractivity contribution in [3.63, 3.8) is 0 Å². The Balaban J connectivity index is 1.03. The van der Waals surface area contributed by atoms with Crippen molar-refractivity contribution in [2.75, 3.05) is 4.90 Å². The number of furan rings is 1. The second-order valence-electron chi connectivity index (χ2n) is 16.9. The molecule has 0 saturated heterocycles. The quantitative estimate of drug-likeness (QED) is 0.167. The third-order valence-corrected chi connectivity index (χ3v) is 13.0. The summed E-state index contributed by atoms with van der Waals surface area (Å²) in [6.07, 6.45) is 0. The zero-order valence-corrected chi connectivity index (χ0v) is 34.1. The van der Waals surface area contributed by atoms with Gasteiger partial charge in [-0.15, -0.1) is 0 Å². The molecule has 2 heteroatoms. The lowest BCUT2D eigenvalue weighted by molar-refractivity contribution is 0.662. The van der Waals surface area contributed by atoms with Crippen molar-refractivity contribution in [2.45, 2.75) is 19.3 Å². The Morgan fingerprint density at radius 1 is 0.361 bits per heavy atom. The van der Waals surface area contributed by atoms with Crippen molar-refractivity contribution in [1.29, 1.82) is 0 Å². The van der Waals surface area contributed by atoms with E-state index in [9.17, 15) is 0 Å². The van der Waals surface area contributed by atoms with Gasteiger partial charge in [0.2, 0.25) is 0 Å². The van der Waals surface area contributed by atoms with Gasteiger partial charge in [0.1, 0.15) is 11.2 Å². The topological polar surface area (TPSA) is 16.4 Å². The molecule has 2 nitrogen and oxygen atoms in total. The Morgan fingerprint density at radius 3 is 1.84 bits per heavy atom. The van der Waals surface area contributed by atoms with E-state index in [1.54, 1.807) is 0 Å². The number of hydrogen-bond donors (Lipinski definition) is 0. The van der Waals surface area contributed by atoms with Crippen molar-refractivity contribution in [3.05, 3.63) is 223 Å². The fraction of sp³-hybridized carbons (Fsp3) is 0.0508. The number of fused-ring (bicyclic) bond motifs is 8. The van der Waals surface area contributed by atoms with Crippen LogP contribution in [-0.4, -0.2) is 0 Å². The lowest BCUT2D eigenvalue weighted by Gasteiger charge is -2.29. The normalized spacial score (nSPS) is 12.9. The number of hydrogen-bond acceptors (Lipinski definition) is 2. The molecule has 0 unspecified atom stereocenters. The maximum absolute atomic E-state index is 6.45. The molecule has 0 amide bonds. The smallest absolute Gasteiger partial charge is 0.136 e. The van der Waals surface area contributed by atoms with Crippen LogP contribution in [0.1, 0.15) is 25.0 Å². The third kappa shape index (κ3) is 5.64. The zero-order valence-electron chi connectivity index (χ0n) is 34.1. The molecule has 0 aliphatic heterocycles. The van der Waals surface area contributed by atoms with Crippen LogP contribution in [0.5, 0.6) is 0 Å². The summed E-state index contributed by atoms with van der Waals surface area (Å²) in [5, 5.41) is 7.10. The van der Waals surface area contributed by atoms with Crippen molar-refractivity contribution >= 4 is 60.5 Å². The van der Waals surface area contributed by atoms with Crippen LogP contribution >= 0.6 is 0 Å². The second kappa shape index (κ2) is 13.7. The van der Waals surface area contributed by atoms with Gasteiger partial charge in [0, 0.05) is 33.1 Å². The Bertz CT molecular complexity index is 3510. The summed E-state index contributed by atoms with van der Waals surface area (Å²) in [5.74, 6) is 0. The summed E-state index contributed by atoms with van der Waals surface area (Å²) in [6, 6.07) is 77.5. The van der Waals surface area contributed by atoms with E-state index >= 15 is 0 Å². The average Bonchev–Trinajstić information content (AvgIpc) is 3.79. The van der Waals surface area contributed by atoms with E-state index in [0.29, 0.717) is 0 Å². The maximum atomic E-state index is 6.45. The third-order valence-electron chi connectivity index (χ3n) is 13.0. The predicted octanol–water partition coefficient (Wildman–Crippen LogP) is 16.7. The molecule has 11 aromatic rings. The molecule has 0 N–H and O–H groups in total. The van der Waals surface area contributed by atoms with Gasteiger partial charge in [-0.2, -0.15) is 0 Å². The van der Waals surface area contributed by atoms with Gasteiger partial charge in [0.15, 0.2) is 0 Å². The summed E-state index contributed by atoms with van der Waals surface area (Å²) in [5.41, 5.74) is 17.6. The lowest BCUT2D eigenvalue weighted by atomic mass is 9.79. The van der Waals surface area contributed by atoms with Crippen LogP contribution in [-0.2, 0) is 5.41 Å². The van der Waals surface area contributed by atoms with Crippen molar-refractivity contribution < 1.29 is 4.42 Å². The van der Waals surface area contributed by atoms with Crippen LogP contribution in [0.25, 0.3) is 88.0 Å². The lowest BCUT2D eigenvalue weighted by Crippen LogP contribution is -2.16. The minimum atomic E-state index is -0.108. The van der Waals surface area contributed by atoms with Crippen LogP contribution in [0.2, 0.25) is 0 Å². The van der Waals surface area contributed by atoms with Crippen LogP contribution in [0.3, 0.4) is 0 Å². The largest absolute Gasteiger partial charge is 0.456 e. The molecule has 1 aliphatic carbocycles. The first-order valence-corrected chi connectivity index (χ1v) is 21.2. The Labute approximate surface area is 355 Å². The van der Waals surface area contributed by atoms with E-state index in [4.69, 9.17) is 4.42 Å². The summed E-state index contributed by atoms with van der Waals surface area (Å²) in [7, 11) is 0. The summed E-state index contributed by atoms with van der Waals surface area (Å²) >= 11 is 0. The van der Waals surface area contributed by atoms with Gasteiger partial charge in [-0.25, -0.2) is 0 Å². The van der Waals surface area contributed by atoms with Crippen LogP contribution in [0.15, 0.2) is 217 Å². The molecular weight excluding hydrogens is 739 g/mol. The summed E-state index contributed by atoms with van der Waals surface area (Å²) < 4.78 is 6.45. The first-order valence-electron chi connectivity index (χ1n) is 21.2. The molecular formula is C59H41NO. The van der Waals surface area contributed by atoms with Crippen molar-refractivity contribution in [1.82, 2.24) is 0 Å². The molecule has 288 valence electrons. The van der Waals surface area contributed by atoms with Gasteiger partial charge in [-0.05, 0) is 126 Å². The second-order valence-corrected chi connectivity index (χ2v) is 16.9. The molecule has 12 rings (SSSR count). The molecule has 0 radical (unpaired) electrons. The minimum Gasteiger partial charge on any atom is -0.456 e. The average molecular weight is 780 g/mol. The number of para-hydroxylation sites is 1. The zero-order chi connectivity index (χ0) is 40.7. The number of rotatable bonds is 6. The molecule has 10 aromatic carbocycles. The van der Waals surface area contributed by atoms with E-state index in [-0.39, 0.29) is 5.41 Å². The number of anilines is 3. The highest BCUT2D eigenvalue weighted by atomic mass is 16.3. The highest BCUT2D eigenvalue weighted by molar-refractivity contribution is 6.11. The van der Waals surface area contributed by atoms with E-state index in [0.717, 1.165) is 50.1 Å². The Hall–Kier alpha value is -7.68. The van der Waals surface area contributed by atoms with Crippen LogP contribution < -0.4 is 4.90 Å². The first-order chi connectivity index (χ1) is 30.0. The van der Waals surface area contributed by atoms with Gasteiger partial charge >= 0.3 is 0 Å². The van der Waals surface area contributed by atoms with Gasteiger partial charge < -0.3 is 9.32 Å². The fourth-order valence-electron chi connectivity index (χ4n) is 10.1. The summed E-state index contributed by atoms with van der Waals surface area (Å²) in [6.45, 7) is 4.73. The molecule has 1 aliphatic rings. The fourth-order valence-corrected chi connectivity index (χ4v) is 10.1. The highest BCUT2D eigenvalue weighted by Gasteiger charge is 2.37. The molecule has 0 saturated carbocycles. The first kappa shape index (κ1) is 35.3. The van der Waals surface area contributed by atoms with E-state index < -0.39 is 0 Å². The maximum Gasteiger partial charge on any atom is 0.136 e. The standard InChI is InChI=1S/C59H41NO/c1-59(2)54-26-9-7-22-50(54)51-25-13-24-49(58(51)59)39-28-31-44(32-29-39)60(45-19-11-18-42(34-45)47-23-12-17-38-14-5-6-20-46(38)47)55-27-10-8-21-48(55)43-30-33-56-52(36-43)53-35-40-15-3-4-16-41(40)37-57(53)61-56/h3-37H,1-2H3. The van der Waals surface area contributed by atoms with Crippen LogP contribution in [0.4, 0.5) is 17.1 Å². The van der Waals surface area contributed by atoms with E-state index in [1.807, 2.05) is 0 Å². The predicted molar refractivity (Wildman–Crippen MR) is 257 cm³/mol. The van der Waals surface area contributed by atoms with Crippen LogP contribution in [0, 0.1) is 0 Å². The van der Waals surface area contributed by atoms with Gasteiger partial charge in [0.05, 0.1) is 5.69 Å².